The molecule has 1 aromatic rings. The summed E-state index contributed by atoms with van der Waals surface area (Å²) in [5, 5.41) is 3.40. The SMILES string of the molecule is CSCc1ncc(CNC(C)(C)C)cn1. The van der Waals surface area contributed by atoms with E-state index in [1.807, 2.05) is 12.4 Å². The fraction of sp³-hybridized carbons (Fsp3) is 0.636. The molecule has 84 valence electrons. The van der Waals surface area contributed by atoms with Crippen LogP contribution in [0.1, 0.15) is 32.2 Å². The minimum absolute atomic E-state index is 0.137. The third kappa shape index (κ3) is 5.14. The van der Waals surface area contributed by atoms with Crippen LogP contribution in [0.15, 0.2) is 12.4 Å². The van der Waals surface area contributed by atoms with Gasteiger partial charge in [0, 0.05) is 30.0 Å². The molecule has 4 heteroatoms. The summed E-state index contributed by atoms with van der Waals surface area (Å²) in [5.74, 6) is 1.79. The van der Waals surface area contributed by atoms with Gasteiger partial charge < -0.3 is 5.32 Å². The van der Waals surface area contributed by atoms with E-state index < -0.39 is 0 Å². The van der Waals surface area contributed by atoms with Gasteiger partial charge in [-0.1, -0.05) is 0 Å². The minimum Gasteiger partial charge on any atom is -0.308 e. The third-order valence-electron chi connectivity index (χ3n) is 1.86. The average molecular weight is 225 g/mol. The van der Waals surface area contributed by atoms with Crippen LogP contribution < -0.4 is 5.32 Å². The molecule has 0 amide bonds. The van der Waals surface area contributed by atoms with Gasteiger partial charge >= 0.3 is 0 Å². The second-order valence-corrected chi connectivity index (χ2v) is 5.41. The van der Waals surface area contributed by atoms with Crippen molar-refractivity contribution < 1.29 is 0 Å². The van der Waals surface area contributed by atoms with Gasteiger partial charge in [0.25, 0.3) is 0 Å². The van der Waals surface area contributed by atoms with Gasteiger partial charge in [-0.3, -0.25) is 0 Å². The summed E-state index contributed by atoms with van der Waals surface area (Å²) in [6.07, 6.45) is 5.85. The summed E-state index contributed by atoms with van der Waals surface area (Å²) in [6.45, 7) is 7.27. The first-order chi connectivity index (χ1) is 7.01. The molecular weight excluding hydrogens is 206 g/mol. The van der Waals surface area contributed by atoms with Crippen LogP contribution in [0.4, 0.5) is 0 Å². The monoisotopic (exact) mass is 225 g/mol. The van der Waals surface area contributed by atoms with E-state index in [4.69, 9.17) is 0 Å². The maximum Gasteiger partial charge on any atom is 0.138 e. The molecule has 0 aliphatic heterocycles. The smallest absolute Gasteiger partial charge is 0.138 e. The molecule has 0 bridgehead atoms. The first kappa shape index (κ1) is 12.5. The van der Waals surface area contributed by atoms with Gasteiger partial charge in [-0.05, 0) is 27.0 Å². The van der Waals surface area contributed by atoms with Crippen molar-refractivity contribution in [1.82, 2.24) is 15.3 Å². The molecule has 0 spiro atoms. The molecule has 15 heavy (non-hydrogen) atoms. The van der Waals surface area contributed by atoms with Crippen LogP contribution in [0.2, 0.25) is 0 Å². The Morgan fingerprint density at radius 2 is 1.87 bits per heavy atom. The number of nitrogens with zero attached hydrogens (tertiary/aromatic N) is 2. The number of nitrogens with one attached hydrogen (secondary N) is 1. The van der Waals surface area contributed by atoms with Crippen LogP contribution in [0.3, 0.4) is 0 Å². The lowest BCUT2D eigenvalue weighted by Gasteiger charge is -2.20. The van der Waals surface area contributed by atoms with Gasteiger partial charge in [-0.2, -0.15) is 11.8 Å². The molecule has 0 aliphatic carbocycles. The van der Waals surface area contributed by atoms with E-state index in [1.54, 1.807) is 11.8 Å². The highest BCUT2D eigenvalue weighted by Gasteiger charge is 2.08. The molecule has 1 heterocycles. The predicted molar refractivity (Wildman–Crippen MR) is 65.8 cm³/mol. The number of rotatable bonds is 4. The summed E-state index contributed by atoms with van der Waals surface area (Å²) in [4.78, 5) is 8.59. The van der Waals surface area contributed by atoms with Gasteiger partial charge in [0.05, 0.1) is 5.75 Å². The number of aromatic nitrogens is 2. The minimum atomic E-state index is 0.137. The van der Waals surface area contributed by atoms with Crippen LogP contribution in [0.25, 0.3) is 0 Å². The Balaban J connectivity index is 2.50. The molecule has 0 unspecified atom stereocenters. The Morgan fingerprint density at radius 3 is 2.33 bits per heavy atom. The van der Waals surface area contributed by atoms with Crippen molar-refractivity contribution >= 4 is 11.8 Å². The summed E-state index contributed by atoms with van der Waals surface area (Å²) < 4.78 is 0. The molecule has 0 radical (unpaired) electrons. The summed E-state index contributed by atoms with van der Waals surface area (Å²) >= 11 is 1.74. The fourth-order valence-electron chi connectivity index (χ4n) is 1.04. The van der Waals surface area contributed by atoms with E-state index >= 15 is 0 Å². The Labute approximate surface area is 96.1 Å². The molecule has 1 rings (SSSR count). The van der Waals surface area contributed by atoms with Gasteiger partial charge in [0.1, 0.15) is 5.82 Å². The Bertz CT molecular complexity index is 290. The van der Waals surface area contributed by atoms with Crippen molar-refractivity contribution in [2.45, 2.75) is 38.6 Å². The quantitative estimate of drug-likeness (QED) is 0.852. The first-order valence-electron chi connectivity index (χ1n) is 5.05. The second kappa shape index (κ2) is 5.47. The third-order valence-corrected chi connectivity index (χ3v) is 2.40. The van der Waals surface area contributed by atoms with E-state index in [2.05, 4.69) is 42.3 Å². The van der Waals surface area contributed by atoms with E-state index in [-0.39, 0.29) is 5.54 Å². The molecule has 3 nitrogen and oxygen atoms in total. The van der Waals surface area contributed by atoms with E-state index in [0.717, 1.165) is 23.7 Å². The van der Waals surface area contributed by atoms with Gasteiger partial charge in [0.2, 0.25) is 0 Å². The summed E-state index contributed by atoms with van der Waals surface area (Å²) in [7, 11) is 0. The number of hydrogen-bond acceptors (Lipinski definition) is 4. The van der Waals surface area contributed by atoms with Crippen molar-refractivity contribution in [3.63, 3.8) is 0 Å². The Kier molecular flexibility index (Phi) is 4.54. The molecule has 0 saturated carbocycles. The van der Waals surface area contributed by atoms with Crippen LogP contribution in [0, 0.1) is 0 Å². The van der Waals surface area contributed by atoms with Gasteiger partial charge in [0.15, 0.2) is 0 Å². The molecule has 0 aliphatic rings. The molecule has 0 aromatic carbocycles. The average Bonchev–Trinajstić information content (AvgIpc) is 2.16. The van der Waals surface area contributed by atoms with E-state index in [9.17, 15) is 0 Å². The lowest BCUT2D eigenvalue weighted by atomic mass is 10.1. The number of thioether (sulfide) groups is 1. The first-order valence-corrected chi connectivity index (χ1v) is 6.44. The molecule has 0 fully saturated rings. The second-order valence-electron chi connectivity index (χ2n) is 4.54. The Morgan fingerprint density at radius 1 is 1.27 bits per heavy atom. The van der Waals surface area contributed by atoms with E-state index in [1.165, 1.54) is 0 Å². The van der Waals surface area contributed by atoms with Crippen molar-refractivity contribution in [3.05, 3.63) is 23.8 Å². The highest BCUT2D eigenvalue weighted by Crippen LogP contribution is 2.05. The van der Waals surface area contributed by atoms with Crippen molar-refractivity contribution in [3.8, 4) is 0 Å². The molecular formula is C11H19N3S. The molecule has 0 saturated heterocycles. The maximum atomic E-state index is 4.30. The number of hydrogen-bond donors (Lipinski definition) is 1. The van der Waals surface area contributed by atoms with Gasteiger partial charge in [-0.15, -0.1) is 0 Å². The lowest BCUT2D eigenvalue weighted by Crippen LogP contribution is -2.35. The zero-order valence-electron chi connectivity index (χ0n) is 9.87. The largest absolute Gasteiger partial charge is 0.308 e. The highest BCUT2D eigenvalue weighted by atomic mass is 32.2. The van der Waals surface area contributed by atoms with Crippen LogP contribution in [0.5, 0.6) is 0 Å². The summed E-state index contributed by atoms with van der Waals surface area (Å²) in [6, 6.07) is 0. The predicted octanol–water partition coefficient (Wildman–Crippen LogP) is 2.23. The van der Waals surface area contributed by atoms with Crippen LogP contribution >= 0.6 is 11.8 Å². The zero-order chi connectivity index (χ0) is 11.3. The lowest BCUT2D eigenvalue weighted by molar-refractivity contribution is 0.423. The molecule has 1 aromatic heterocycles. The molecule has 0 atom stereocenters. The standard InChI is InChI=1S/C11H19N3S/c1-11(2,3)14-7-9-5-12-10(8-15-4)13-6-9/h5-6,14H,7-8H2,1-4H3. The molecule has 1 N–H and O–H groups in total. The van der Waals surface area contributed by atoms with Crippen molar-refractivity contribution in [1.29, 1.82) is 0 Å². The zero-order valence-corrected chi connectivity index (χ0v) is 10.7. The highest BCUT2D eigenvalue weighted by molar-refractivity contribution is 7.97. The topological polar surface area (TPSA) is 37.8 Å². The van der Waals surface area contributed by atoms with Crippen molar-refractivity contribution in [2.24, 2.45) is 0 Å². The summed E-state index contributed by atoms with van der Waals surface area (Å²) in [5.41, 5.74) is 1.27. The maximum absolute atomic E-state index is 4.30. The van der Waals surface area contributed by atoms with E-state index in [0.29, 0.717) is 0 Å². The normalized spacial score (nSPS) is 11.7. The van der Waals surface area contributed by atoms with Crippen LogP contribution in [-0.4, -0.2) is 21.8 Å². The van der Waals surface area contributed by atoms with Crippen LogP contribution in [-0.2, 0) is 12.3 Å². The fourth-order valence-corrected chi connectivity index (χ4v) is 1.45. The van der Waals surface area contributed by atoms with Crippen molar-refractivity contribution in [2.75, 3.05) is 6.26 Å². The Hall–Kier alpha value is -0.610. The van der Waals surface area contributed by atoms with Gasteiger partial charge in [-0.25, -0.2) is 9.97 Å².